The van der Waals surface area contributed by atoms with Crippen LogP contribution in [0.4, 0.5) is 10.1 Å². The van der Waals surface area contributed by atoms with Crippen LogP contribution in [0.1, 0.15) is 5.56 Å². The van der Waals surface area contributed by atoms with E-state index in [1.807, 2.05) is 66.7 Å². The van der Waals surface area contributed by atoms with E-state index >= 15 is 0 Å². The second kappa shape index (κ2) is 9.48. The first kappa shape index (κ1) is 21.8. The minimum absolute atomic E-state index is 0.128. The summed E-state index contributed by atoms with van der Waals surface area (Å²) in [5.74, 6) is -0.773. The smallest absolute Gasteiger partial charge is 0.224 e. The fraction of sp³-hybridized carbons (Fsp3) is 0. The van der Waals surface area contributed by atoms with Crippen molar-refractivity contribution in [3.8, 4) is 50.6 Å². The van der Waals surface area contributed by atoms with Crippen LogP contribution in [-0.4, -0.2) is 0 Å². The van der Waals surface area contributed by atoms with Crippen molar-refractivity contribution in [1.29, 1.82) is 5.26 Å². The number of benzene rings is 5. The second-order valence-corrected chi connectivity index (χ2v) is 8.19. The predicted octanol–water partition coefficient (Wildman–Crippen LogP) is 8.92. The normalized spacial score (nSPS) is 10.4. The highest BCUT2D eigenvalue weighted by Gasteiger charge is 2.13. The number of rotatable bonds is 4. The van der Waals surface area contributed by atoms with Gasteiger partial charge < -0.3 is 0 Å². The summed E-state index contributed by atoms with van der Waals surface area (Å²) in [4.78, 5) is 3.26. The fourth-order valence-electron chi connectivity index (χ4n) is 4.21. The van der Waals surface area contributed by atoms with Gasteiger partial charge in [-0.25, -0.2) is 9.24 Å². The Morgan fingerprint density at radius 2 is 0.971 bits per heavy atom. The van der Waals surface area contributed by atoms with Crippen molar-refractivity contribution in [1.82, 2.24) is 0 Å². The largest absolute Gasteiger partial charge is 0.235 e. The van der Waals surface area contributed by atoms with Gasteiger partial charge in [-0.05, 0) is 80.9 Å². The van der Waals surface area contributed by atoms with Crippen LogP contribution in [-0.2, 0) is 0 Å². The molecule has 0 N–H and O–H groups in total. The van der Waals surface area contributed by atoms with Gasteiger partial charge in [0.25, 0.3) is 0 Å². The summed E-state index contributed by atoms with van der Waals surface area (Å²) in [6, 6.07) is 39.8. The van der Waals surface area contributed by atoms with E-state index < -0.39 is 5.82 Å². The second-order valence-electron chi connectivity index (χ2n) is 8.19. The number of nitriles is 1. The predicted molar refractivity (Wildman–Crippen MR) is 139 cm³/mol. The van der Waals surface area contributed by atoms with Crippen molar-refractivity contribution in [3.05, 3.63) is 138 Å². The van der Waals surface area contributed by atoms with E-state index in [2.05, 4.69) is 47.3 Å². The summed E-state index contributed by atoms with van der Waals surface area (Å²) in [6.45, 7) is 7.28. The zero-order valence-electron chi connectivity index (χ0n) is 18.7. The molecule has 0 amide bonds. The summed E-state index contributed by atoms with van der Waals surface area (Å²) in [6.07, 6.45) is 0. The van der Waals surface area contributed by atoms with Crippen LogP contribution in [0.5, 0.6) is 0 Å². The maximum absolute atomic E-state index is 14.3. The molecule has 5 rings (SSSR count). The Balaban J connectivity index is 1.67. The van der Waals surface area contributed by atoms with Crippen LogP contribution < -0.4 is 0 Å². The number of hydrogen-bond donors (Lipinski definition) is 0. The van der Waals surface area contributed by atoms with Gasteiger partial charge in [-0.1, -0.05) is 78.9 Å². The Bertz CT molecular complexity index is 1520. The van der Waals surface area contributed by atoms with Crippen LogP contribution in [0.2, 0.25) is 0 Å². The van der Waals surface area contributed by atoms with Gasteiger partial charge in [0.15, 0.2) is 0 Å². The number of halogens is 1. The van der Waals surface area contributed by atoms with Gasteiger partial charge in [-0.2, -0.15) is 5.26 Å². The van der Waals surface area contributed by atoms with Crippen molar-refractivity contribution >= 4 is 5.69 Å². The summed E-state index contributed by atoms with van der Waals surface area (Å²) >= 11 is 0. The van der Waals surface area contributed by atoms with Crippen LogP contribution in [0.25, 0.3) is 49.4 Å². The van der Waals surface area contributed by atoms with Gasteiger partial charge in [0, 0.05) is 0 Å². The van der Waals surface area contributed by atoms with Gasteiger partial charge in [0.1, 0.15) is 11.9 Å². The molecule has 0 aliphatic rings. The lowest BCUT2D eigenvalue weighted by Gasteiger charge is -2.13. The average molecular weight is 451 g/mol. The molecular weight excluding hydrogens is 431 g/mol. The van der Waals surface area contributed by atoms with E-state index in [0.717, 1.165) is 38.9 Å². The van der Waals surface area contributed by atoms with Gasteiger partial charge in [-0.3, -0.25) is 0 Å². The molecule has 0 radical (unpaired) electrons. The van der Waals surface area contributed by atoms with E-state index in [0.29, 0.717) is 5.56 Å². The first-order chi connectivity index (χ1) is 17.2. The van der Waals surface area contributed by atoms with E-state index in [4.69, 9.17) is 6.57 Å². The minimum atomic E-state index is -0.773. The zero-order chi connectivity index (χ0) is 24.2. The highest BCUT2D eigenvalue weighted by Crippen LogP contribution is 2.35. The van der Waals surface area contributed by atoms with Crippen molar-refractivity contribution in [2.24, 2.45) is 0 Å². The lowest BCUT2D eigenvalue weighted by atomic mass is 9.92. The van der Waals surface area contributed by atoms with Crippen molar-refractivity contribution in [3.63, 3.8) is 0 Å². The monoisotopic (exact) mass is 450 g/mol. The lowest BCUT2D eigenvalue weighted by molar-refractivity contribution is 0.630. The molecule has 0 fully saturated rings. The molecule has 0 atom stereocenters. The molecule has 3 heteroatoms. The Morgan fingerprint density at radius 1 is 0.543 bits per heavy atom. The van der Waals surface area contributed by atoms with Crippen LogP contribution in [0.3, 0.4) is 0 Å². The molecule has 0 aromatic heterocycles. The minimum Gasteiger partial charge on any atom is -0.235 e. The third-order valence-corrected chi connectivity index (χ3v) is 5.97. The van der Waals surface area contributed by atoms with Crippen LogP contribution in [0.15, 0.2) is 115 Å². The van der Waals surface area contributed by atoms with Crippen LogP contribution >= 0.6 is 0 Å². The third-order valence-electron chi connectivity index (χ3n) is 5.97. The first-order valence-electron chi connectivity index (χ1n) is 11.1. The highest BCUT2D eigenvalue weighted by molar-refractivity contribution is 5.83. The topological polar surface area (TPSA) is 28.1 Å². The Kier molecular flexibility index (Phi) is 5.91. The Morgan fingerprint density at radius 3 is 1.46 bits per heavy atom. The standard InChI is InChI=1S/C32H19FN2/c1-35-31-20-29(19-30(21-34)32(31)33)25-14-8-13-24(15-25)28-17-26(22-9-4-2-5-10-22)16-27(18-28)23-11-6-3-7-12-23/h2-20H. The molecule has 35 heavy (non-hydrogen) atoms. The molecule has 0 aliphatic heterocycles. The lowest BCUT2D eigenvalue weighted by Crippen LogP contribution is -1.89. The summed E-state index contributed by atoms with van der Waals surface area (Å²) < 4.78 is 14.3. The molecule has 0 bridgehead atoms. The Hall–Kier alpha value is -4.99. The third kappa shape index (κ3) is 4.44. The van der Waals surface area contributed by atoms with E-state index in [1.54, 1.807) is 0 Å². The quantitative estimate of drug-likeness (QED) is 0.251. The zero-order valence-corrected chi connectivity index (χ0v) is 18.7. The summed E-state index contributed by atoms with van der Waals surface area (Å²) in [5, 5.41) is 9.33. The molecule has 0 aliphatic carbocycles. The van der Waals surface area contributed by atoms with Crippen LogP contribution in [0, 0.1) is 23.7 Å². The molecule has 0 spiro atoms. The molecule has 5 aromatic carbocycles. The fourth-order valence-corrected chi connectivity index (χ4v) is 4.21. The molecule has 0 saturated carbocycles. The SMILES string of the molecule is [C-]#[N+]c1cc(-c2cccc(-c3cc(-c4ccccc4)cc(-c4ccccc4)c3)c2)cc(C#N)c1F. The molecule has 0 saturated heterocycles. The molecule has 5 aromatic rings. The van der Waals surface area contributed by atoms with E-state index in [-0.39, 0.29) is 11.3 Å². The number of nitrogens with zero attached hydrogens (tertiary/aromatic N) is 2. The van der Waals surface area contributed by atoms with Gasteiger partial charge >= 0.3 is 0 Å². The highest BCUT2D eigenvalue weighted by atomic mass is 19.1. The van der Waals surface area contributed by atoms with E-state index in [9.17, 15) is 9.65 Å². The van der Waals surface area contributed by atoms with Gasteiger partial charge in [0.2, 0.25) is 5.69 Å². The Labute approximate surface area is 204 Å². The maximum atomic E-state index is 14.3. The molecule has 0 unspecified atom stereocenters. The first-order valence-corrected chi connectivity index (χ1v) is 11.1. The van der Waals surface area contributed by atoms with Crippen molar-refractivity contribution in [2.45, 2.75) is 0 Å². The number of hydrogen-bond acceptors (Lipinski definition) is 1. The van der Waals surface area contributed by atoms with Gasteiger partial charge in [0.05, 0.1) is 12.1 Å². The average Bonchev–Trinajstić information content (AvgIpc) is 2.94. The molecular formula is C32H19FN2. The molecule has 164 valence electrons. The maximum Gasteiger partial charge on any atom is 0.224 e. The summed E-state index contributed by atoms with van der Waals surface area (Å²) in [7, 11) is 0. The summed E-state index contributed by atoms with van der Waals surface area (Å²) in [5.41, 5.74) is 7.67. The molecule has 0 heterocycles. The molecule has 2 nitrogen and oxygen atoms in total. The van der Waals surface area contributed by atoms with E-state index in [1.165, 1.54) is 12.1 Å². The van der Waals surface area contributed by atoms with Gasteiger partial charge in [-0.15, -0.1) is 0 Å². The van der Waals surface area contributed by atoms with Crippen molar-refractivity contribution in [2.75, 3.05) is 0 Å². The van der Waals surface area contributed by atoms with Crippen molar-refractivity contribution < 1.29 is 4.39 Å².